The Morgan fingerprint density at radius 1 is 1.07 bits per heavy atom. The average molecular weight is 396 g/mol. The lowest BCUT2D eigenvalue weighted by molar-refractivity contribution is 0.0728. The summed E-state index contributed by atoms with van der Waals surface area (Å²) in [6.45, 7) is 5.43. The summed E-state index contributed by atoms with van der Waals surface area (Å²) in [6, 6.07) is 3.96. The van der Waals surface area contributed by atoms with Gasteiger partial charge in [0.2, 0.25) is 0 Å². The number of aromatic nitrogens is 2. The fraction of sp³-hybridized carbons (Fsp3) is 0.500. The van der Waals surface area contributed by atoms with Crippen molar-refractivity contribution in [1.82, 2.24) is 14.9 Å². The van der Waals surface area contributed by atoms with E-state index in [2.05, 4.69) is 21.8 Å². The van der Waals surface area contributed by atoms with E-state index < -0.39 is 0 Å². The van der Waals surface area contributed by atoms with Crippen molar-refractivity contribution in [2.75, 3.05) is 38.8 Å². The summed E-state index contributed by atoms with van der Waals surface area (Å²) >= 11 is 0. The average Bonchev–Trinajstić information content (AvgIpc) is 2.77. The number of hydrogen-bond acceptors (Lipinski definition) is 6. The van der Waals surface area contributed by atoms with Crippen LogP contribution >= 0.6 is 0 Å². The van der Waals surface area contributed by atoms with Crippen molar-refractivity contribution in [2.45, 2.75) is 32.7 Å². The van der Waals surface area contributed by atoms with Crippen LogP contribution in [0.25, 0.3) is 0 Å². The van der Waals surface area contributed by atoms with E-state index in [4.69, 9.17) is 9.47 Å². The molecule has 1 aromatic carbocycles. The summed E-state index contributed by atoms with van der Waals surface area (Å²) in [5.74, 6) is 2.83. The van der Waals surface area contributed by atoms with Crippen molar-refractivity contribution in [2.24, 2.45) is 5.92 Å². The Morgan fingerprint density at radius 3 is 2.48 bits per heavy atom. The second-order valence-electron chi connectivity index (χ2n) is 7.91. The lowest BCUT2D eigenvalue weighted by atomic mass is 9.98. The van der Waals surface area contributed by atoms with Gasteiger partial charge in [0.1, 0.15) is 11.5 Å². The first kappa shape index (κ1) is 19.5. The lowest BCUT2D eigenvalue weighted by Gasteiger charge is -2.32. The Hall–Kier alpha value is -2.83. The molecule has 1 amide bonds. The minimum absolute atomic E-state index is 0.0866. The Labute approximate surface area is 171 Å². The van der Waals surface area contributed by atoms with Crippen LogP contribution < -0.4 is 14.4 Å². The third kappa shape index (κ3) is 3.99. The van der Waals surface area contributed by atoms with Crippen LogP contribution in [0.15, 0.2) is 24.5 Å². The van der Waals surface area contributed by atoms with Gasteiger partial charge in [-0.1, -0.05) is 6.92 Å². The van der Waals surface area contributed by atoms with Crippen LogP contribution in [0.5, 0.6) is 11.5 Å². The van der Waals surface area contributed by atoms with Gasteiger partial charge >= 0.3 is 0 Å². The second-order valence-corrected chi connectivity index (χ2v) is 7.91. The van der Waals surface area contributed by atoms with Gasteiger partial charge in [-0.15, -0.1) is 0 Å². The quantitative estimate of drug-likeness (QED) is 0.792. The highest BCUT2D eigenvalue weighted by Crippen LogP contribution is 2.33. The van der Waals surface area contributed by atoms with Gasteiger partial charge in [-0.05, 0) is 48.4 Å². The van der Waals surface area contributed by atoms with Crippen molar-refractivity contribution >= 4 is 11.7 Å². The molecule has 2 aromatic rings. The second kappa shape index (κ2) is 8.27. The summed E-state index contributed by atoms with van der Waals surface area (Å²) in [5, 5.41) is 0. The Morgan fingerprint density at radius 2 is 1.83 bits per heavy atom. The summed E-state index contributed by atoms with van der Waals surface area (Å²) in [7, 11) is 3.26. The van der Waals surface area contributed by atoms with Crippen molar-refractivity contribution in [3.8, 4) is 11.5 Å². The zero-order valence-electron chi connectivity index (χ0n) is 17.4. The van der Waals surface area contributed by atoms with E-state index in [1.165, 1.54) is 18.4 Å². The number of anilines is 1. The number of methoxy groups -OCH3 is 2. The van der Waals surface area contributed by atoms with Crippen LogP contribution in [0.1, 0.15) is 41.4 Å². The molecule has 0 N–H and O–H groups in total. The molecular weight excluding hydrogens is 368 g/mol. The predicted octanol–water partition coefficient (Wildman–Crippen LogP) is 2.93. The van der Waals surface area contributed by atoms with Crippen LogP contribution in [0.4, 0.5) is 5.82 Å². The van der Waals surface area contributed by atoms with Crippen molar-refractivity contribution in [1.29, 1.82) is 0 Å². The summed E-state index contributed by atoms with van der Waals surface area (Å²) < 4.78 is 10.8. The standard InChI is InChI=1S/C22H28N4O3/c1-15-5-4-7-25(13-15)21-12-23-18(11-24-21)22(27)26-8-6-16-9-19(28-2)20(29-3)10-17(16)14-26/h9-12,15H,4-8,13-14H2,1-3H3. The highest BCUT2D eigenvalue weighted by molar-refractivity contribution is 5.92. The normalized spacial score (nSPS) is 18.9. The highest BCUT2D eigenvalue weighted by Gasteiger charge is 2.25. The minimum Gasteiger partial charge on any atom is -0.493 e. The Bertz CT molecular complexity index is 884. The molecule has 1 unspecified atom stereocenters. The van der Waals surface area contributed by atoms with Gasteiger partial charge in [0.15, 0.2) is 11.5 Å². The zero-order chi connectivity index (χ0) is 20.4. The van der Waals surface area contributed by atoms with Crippen molar-refractivity contribution in [3.63, 3.8) is 0 Å². The monoisotopic (exact) mass is 396 g/mol. The topological polar surface area (TPSA) is 67.8 Å². The smallest absolute Gasteiger partial charge is 0.274 e. The summed E-state index contributed by atoms with van der Waals surface area (Å²) in [6.07, 6.45) is 6.55. The molecule has 0 spiro atoms. The number of benzene rings is 1. The molecule has 1 aromatic heterocycles. The van der Waals surface area contributed by atoms with Gasteiger partial charge in [0.25, 0.3) is 5.91 Å². The molecular formula is C22H28N4O3. The van der Waals surface area contributed by atoms with Gasteiger partial charge in [-0.3, -0.25) is 4.79 Å². The van der Waals surface area contributed by atoms with Gasteiger partial charge in [-0.25, -0.2) is 9.97 Å². The minimum atomic E-state index is -0.0866. The number of hydrogen-bond donors (Lipinski definition) is 0. The number of carbonyl (C=O) groups excluding carboxylic acids is 1. The molecule has 7 heteroatoms. The zero-order valence-corrected chi connectivity index (χ0v) is 17.4. The number of amides is 1. The molecule has 3 heterocycles. The van der Waals surface area contributed by atoms with Crippen LogP contribution in [-0.4, -0.2) is 54.6 Å². The molecule has 2 aliphatic rings. The Kier molecular flexibility index (Phi) is 5.56. The molecule has 7 nitrogen and oxygen atoms in total. The van der Waals surface area contributed by atoms with E-state index in [-0.39, 0.29) is 5.91 Å². The van der Waals surface area contributed by atoms with Crippen LogP contribution in [0, 0.1) is 5.92 Å². The van der Waals surface area contributed by atoms with Gasteiger partial charge < -0.3 is 19.3 Å². The van der Waals surface area contributed by atoms with Crippen LogP contribution in [0.2, 0.25) is 0 Å². The Balaban J connectivity index is 1.48. The fourth-order valence-corrected chi connectivity index (χ4v) is 4.21. The molecule has 4 rings (SSSR count). The van der Waals surface area contributed by atoms with E-state index >= 15 is 0 Å². The first-order valence-corrected chi connectivity index (χ1v) is 10.2. The maximum atomic E-state index is 13.0. The van der Waals surface area contributed by atoms with E-state index in [1.807, 2.05) is 17.0 Å². The number of ether oxygens (including phenoxy) is 2. The molecule has 1 saturated heterocycles. The third-order valence-electron chi connectivity index (χ3n) is 5.84. The molecule has 29 heavy (non-hydrogen) atoms. The fourth-order valence-electron chi connectivity index (χ4n) is 4.21. The van der Waals surface area contributed by atoms with Crippen LogP contribution in [0.3, 0.4) is 0 Å². The molecule has 1 atom stereocenters. The maximum absolute atomic E-state index is 13.0. The summed E-state index contributed by atoms with van der Waals surface area (Å²) in [5.41, 5.74) is 2.66. The van der Waals surface area contributed by atoms with E-state index in [1.54, 1.807) is 26.6 Å². The van der Waals surface area contributed by atoms with Crippen LogP contribution in [-0.2, 0) is 13.0 Å². The molecule has 0 radical (unpaired) electrons. The SMILES string of the molecule is COc1cc2c(cc1OC)CN(C(=O)c1cnc(N3CCCC(C)C3)cn1)CC2. The number of piperidine rings is 1. The number of carbonyl (C=O) groups is 1. The van der Waals surface area contributed by atoms with Gasteiger partial charge in [0.05, 0.1) is 26.6 Å². The van der Waals surface area contributed by atoms with E-state index in [0.29, 0.717) is 30.5 Å². The highest BCUT2D eigenvalue weighted by atomic mass is 16.5. The molecule has 0 aliphatic carbocycles. The number of rotatable bonds is 4. The summed E-state index contributed by atoms with van der Waals surface area (Å²) in [4.78, 5) is 26.0. The molecule has 2 aliphatic heterocycles. The van der Waals surface area contributed by atoms with Crippen molar-refractivity contribution in [3.05, 3.63) is 41.3 Å². The molecule has 0 saturated carbocycles. The van der Waals surface area contributed by atoms with Gasteiger partial charge in [0, 0.05) is 26.2 Å². The molecule has 1 fully saturated rings. The first-order valence-electron chi connectivity index (χ1n) is 10.2. The lowest BCUT2D eigenvalue weighted by Crippen LogP contribution is -2.37. The first-order chi connectivity index (χ1) is 14.1. The molecule has 0 bridgehead atoms. The number of fused-ring (bicyclic) bond motifs is 1. The number of nitrogens with zero attached hydrogens (tertiary/aromatic N) is 4. The molecule has 154 valence electrons. The predicted molar refractivity (Wildman–Crippen MR) is 111 cm³/mol. The third-order valence-corrected chi connectivity index (χ3v) is 5.84. The van der Waals surface area contributed by atoms with Gasteiger partial charge in [-0.2, -0.15) is 0 Å². The van der Waals surface area contributed by atoms with E-state index in [9.17, 15) is 4.79 Å². The largest absolute Gasteiger partial charge is 0.493 e. The van der Waals surface area contributed by atoms with Crippen molar-refractivity contribution < 1.29 is 14.3 Å². The van der Waals surface area contributed by atoms with E-state index in [0.717, 1.165) is 36.6 Å². The maximum Gasteiger partial charge on any atom is 0.274 e.